The standard InChI is InChI=1S/C23H13NO2.C2H6/c1-24-22(25)17-10-8-15-13-6-2-4-12-5-3-7-14(19(12)13)16-9-11-18(23(24)26)21(17)20(15)16;1-2/h2-11H,1H3;1-2H3. The minimum Gasteiger partial charge on any atom is -0.277 e. The van der Waals surface area contributed by atoms with Crippen molar-refractivity contribution in [3.63, 3.8) is 0 Å². The molecule has 3 nitrogen and oxygen atoms in total. The summed E-state index contributed by atoms with van der Waals surface area (Å²) < 4.78 is 0. The third-order valence-corrected chi connectivity index (χ3v) is 5.72. The molecule has 5 aromatic rings. The number of imide groups is 1. The summed E-state index contributed by atoms with van der Waals surface area (Å²) in [4.78, 5) is 26.6. The van der Waals surface area contributed by atoms with Gasteiger partial charge in [-0.15, -0.1) is 0 Å². The third kappa shape index (κ3) is 1.88. The van der Waals surface area contributed by atoms with Crippen LogP contribution in [0.4, 0.5) is 0 Å². The first-order valence-electron chi connectivity index (χ1n) is 9.61. The van der Waals surface area contributed by atoms with Crippen molar-refractivity contribution >= 4 is 54.9 Å². The molecule has 0 fully saturated rings. The van der Waals surface area contributed by atoms with Crippen molar-refractivity contribution in [2.75, 3.05) is 7.05 Å². The van der Waals surface area contributed by atoms with Crippen LogP contribution in [-0.4, -0.2) is 23.8 Å². The summed E-state index contributed by atoms with van der Waals surface area (Å²) in [7, 11) is 1.54. The van der Waals surface area contributed by atoms with Crippen LogP contribution < -0.4 is 0 Å². The Bertz CT molecular complexity index is 1330. The molecule has 0 spiro atoms. The predicted molar refractivity (Wildman–Crippen MR) is 115 cm³/mol. The van der Waals surface area contributed by atoms with Gasteiger partial charge in [-0.05, 0) is 49.8 Å². The van der Waals surface area contributed by atoms with E-state index in [1.165, 1.54) is 15.7 Å². The summed E-state index contributed by atoms with van der Waals surface area (Å²) in [6, 6.07) is 20.4. The zero-order valence-electron chi connectivity index (χ0n) is 16.0. The highest BCUT2D eigenvalue weighted by molar-refractivity contribution is 6.38. The molecular formula is C25H19NO2. The molecule has 2 amide bonds. The van der Waals surface area contributed by atoms with E-state index in [1.807, 2.05) is 38.1 Å². The van der Waals surface area contributed by atoms with Crippen molar-refractivity contribution in [2.45, 2.75) is 13.8 Å². The van der Waals surface area contributed by atoms with Crippen molar-refractivity contribution in [3.8, 4) is 0 Å². The molecule has 6 rings (SSSR count). The van der Waals surface area contributed by atoms with Crippen molar-refractivity contribution in [2.24, 2.45) is 0 Å². The first-order valence-corrected chi connectivity index (χ1v) is 9.61. The molecule has 0 saturated carbocycles. The SMILES string of the molecule is CC.CN1C(=O)c2ccc3c4cccc5cccc(c6ccc(c2c36)C1=O)c54. The molecule has 0 N–H and O–H groups in total. The zero-order chi connectivity index (χ0) is 19.6. The lowest BCUT2D eigenvalue weighted by atomic mass is 9.85. The van der Waals surface area contributed by atoms with E-state index in [1.54, 1.807) is 7.05 Å². The molecule has 0 radical (unpaired) electrons. The average Bonchev–Trinajstić information content (AvgIpc) is 2.75. The Morgan fingerprint density at radius 2 is 1.04 bits per heavy atom. The maximum absolute atomic E-state index is 12.7. The molecule has 0 unspecified atom stereocenters. The highest BCUT2D eigenvalue weighted by atomic mass is 16.2. The summed E-state index contributed by atoms with van der Waals surface area (Å²) in [5.74, 6) is -0.466. The Balaban J connectivity index is 0.000000829. The van der Waals surface area contributed by atoms with E-state index in [0.29, 0.717) is 11.1 Å². The summed E-state index contributed by atoms with van der Waals surface area (Å²) in [6.07, 6.45) is 0. The van der Waals surface area contributed by atoms with Gasteiger partial charge in [0.15, 0.2) is 0 Å². The second-order valence-electron chi connectivity index (χ2n) is 6.95. The molecule has 1 aliphatic rings. The molecule has 1 heterocycles. The number of carbonyl (C=O) groups excluding carboxylic acids is 2. The predicted octanol–water partition coefficient (Wildman–Crippen LogP) is 5.99. The van der Waals surface area contributed by atoms with Gasteiger partial charge >= 0.3 is 0 Å². The Morgan fingerprint density at radius 1 is 0.571 bits per heavy atom. The van der Waals surface area contributed by atoms with Crippen LogP contribution in [0.3, 0.4) is 0 Å². The van der Waals surface area contributed by atoms with Crippen LogP contribution >= 0.6 is 0 Å². The number of fused-ring (bicyclic) bond motifs is 2. The van der Waals surface area contributed by atoms with Crippen LogP contribution in [0.15, 0.2) is 60.7 Å². The monoisotopic (exact) mass is 365 g/mol. The minimum absolute atomic E-state index is 0.233. The van der Waals surface area contributed by atoms with Gasteiger partial charge in [0.1, 0.15) is 0 Å². The second-order valence-corrected chi connectivity index (χ2v) is 6.95. The normalized spacial score (nSPS) is 13.6. The topological polar surface area (TPSA) is 37.4 Å². The van der Waals surface area contributed by atoms with Crippen LogP contribution in [0.25, 0.3) is 43.1 Å². The van der Waals surface area contributed by atoms with Crippen molar-refractivity contribution in [1.82, 2.24) is 4.90 Å². The largest absolute Gasteiger partial charge is 0.277 e. The van der Waals surface area contributed by atoms with Gasteiger partial charge in [0.25, 0.3) is 11.8 Å². The van der Waals surface area contributed by atoms with Gasteiger partial charge < -0.3 is 0 Å². The number of hydrogen-bond acceptors (Lipinski definition) is 2. The van der Waals surface area contributed by atoms with Crippen LogP contribution in [-0.2, 0) is 0 Å². The summed E-state index contributed by atoms with van der Waals surface area (Å²) in [6.45, 7) is 4.00. The molecule has 0 saturated heterocycles. The summed E-state index contributed by atoms with van der Waals surface area (Å²) in [5, 5.41) is 8.74. The van der Waals surface area contributed by atoms with Crippen molar-refractivity contribution < 1.29 is 9.59 Å². The lowest BCUT2D eigenvalue weighted by Gasteiger charge is -2.25. The van der Waals surface area contributed by atoms with Crippen LogP contribution in [0.2, 0.25) is 0 Å². The molecule has 0 aromatic heterocycles. The first-order chi connectivity index (χ1) is 13.7. The quantitative estimate of drug-likeness (QED) is 0.192. The van der Waals surface area contributed by atoms with E-state index in [9.17, 15) is 9.59 Å². The maximum Gasteiger partial charge on any atom is 0.261 e. The molecule has 0 bridgehead atoms. The van der Waals surface area contributed by atoms with Crippen molar-refractivity contribution in [1.29, 1.82) is 0 Å². The number of hydrogen-bond donors (Lipinski definition) is 0. The molecule has 28 heavy (non-hydrogen) atoms. The second kappa shape index (κ2) is 5.77. The van der Waals surface area contributed by atoms with Gasteiger partial charge in [-0.1, -0.05) is 62.4 Å². The van der Waals surface area contributed by atoms with Crippen molar-refractivity contribution in [3.05, 3.63) is 71.8 Å². The smallest absolute Gasteiger partial charge is 0.261 e. The molecule has 136 valence electrons. The van der Waals surface area contributed by atoms with Crippen LogP contribution in [0.1, 0.15) is 34.6 Å². The Hall–Kier alpha value is -3.46. The molecule has 0 atom stereocenters. The van der Waals surface area contributed by atoms with Gasteiger partial charge in [-0.2, -0.15) is 0 Å². The lowest BCUT2D eigenvalue weighted by Crippen LogP contribution is -2.36. The Kier molecular flexibility index (Phi) is 3.44. The van der Waals surface area contributed by atoms with E-state index in [0.717, 1.165) is 32.3 Å². The van der Waals surface area contributed by atoms with E-state index in [4.69, 9.17) is 0 Å². The zero-order valence-corrected chi connectivity index (χ0v) is 16.0. The third-order valence-electron chi connectivity index (χ3n) is 5.72. The Labute approximate surface area is 162 Å². The van der Waals surface area contributed by atoms with E-state index < -0.39 is 0 Å². The number of amides is 2. The lowest BCUT2D eigenvalue weighted by molar-refractivity contribution is 0.0651. The van der Waals surface area contributed by atoms with Crippen LogP contribution in [0, 0.1) is 0 Å². The number of carbonyl (C=O) groups is 2. The maximum atomic E-state index is 12.7. The fourth-order valence-corrected chi connectivity index (χ4v) is 4.54. The number of nitrogens with zero attached hydrogens (tertiary/aromatic N) is 1. The molecular weight excluding hydrogens is 346 g/mol. The highest BCUT2D eigenvalue weighted by Gasteiger charge is 2.31. The fraction of sp³-hybridized carbons (Fsp3) is 0.120. The fourth-order valence-electron chi connectivity index (χ4n) is 4.54. The average molecular weight is 365 g/mol. The minimum atomic E-state index is -0.233. The number of rotatable bonds is 0. The summed E-state index contributed by atoms with van der Waals surface area (Å²) in [5.41, 5.74) is 1.21. The molecule has 3 heteroatoms. The van der Waals surface area contributed by atoms with Gasteiger partial charge in [0, 0.05) is 23.6 Å². The Morgan fingerprint density at radius 3 is 1.54 bits per heavy atom. The molecule has 0 aliphatic carbocycles. The first kappa shape index (κ1) is 16.7. The van der Waals surface area contributed by atoms with Gasteiger partial charge in [-0.3, -0.25) is 14.5 Å². The van der Waals surface area contributed by atoms with Crippen LogP contribution in [0.5, 0.6) is 0 Å². The molecule has 5 aromatic carbocycles. The highest BCUT2D eigenvalue weighted by Crippen LogP contribution is 2.43. The van der Waals surface area contributed by atoms with Gasteiger partial charge in [0.05, 0.1) is 0 Å². The van der Waals surface area contributed by atoms with E-state index in [2.05, 4.69) is 36.4 Å². The van der Waals surface area contributed by atoms with E-state index >= 15 is 0 Å². The van der Waals surface area contributed by atoms with E-state index in [-0.39, 0.29) is 11.8 Å². The number of benzene rings is 5. The van der Waals surface area contributed by atoms with Gasteiger partial charge in [0.2, 0.25) is 0 Å². The molecule has 1 aliphatic heterocycles. The summed E-state index contributed by atoms with van der Waals surface area (Å²) >= 11 is 0. The van der Waals surface area contributed by atoms with Gasteiger partial charge in [-0.25, -0.2) is 0 Å².